The van der Waals surface area contributed by atoms with Crippen LogP contribution in [0.2, 0.25) is 0 Å². The minimum absolute atomic E-state index is 0.0986. The molecule has 36 heavy (non-hydrogen) atoms. The van der Waals surface area contributed by atoms with Crippen LogP contribution in [0.25, 0.3) is 11.1 Å². The third-order valence-electron chi connectivity index (χ3n) is 5.72. The number of halogens is 4. The molecule has 1 N–H and O–H groups in total. The number of carbonyl (C=O) groups is 2. The third kappa shape index (κ3) is 5.60. The first-order valence-electron chi connectivity index (χ1n) is 11.4. The number of carbonyl (C=O) groups excluding carboxylic acids is 2. The lowest BCUT2D eigenvalue weighted by molar-refractivity contribution is -0.140. The minimum Gasteiger partial charge on any atom is -0.338 e. The van der Waals surface area contributed by atoms with Crippen LogP contribution < -0.4 is 5.32 Å². The second-order valence-corrected chi connectivity index (χ2v) is 9.75. The van der Waals surface area contributed by atoms with Crippen LogP contribution in [0.1, 0.15) is 67.7 Å². The summed E-state index contributed by atoms with van der Waals surface area (Å²) in [6.07, 6.45) is -2.91. The van der Waals surface area contributed by atoms with Gasteiger partial charge < -0.3 is 9.84 Å². The van der Waals surface area contributed by atoms with E-state index in [0.717, 1.165) is 18.9 Å². The fraction of sp³-hybridized carbons (Fsp3) is 0.400. The molecule has 1 amide bonds. The Morgan fingerprint density at radius 2 is 1.86 bits per heavy atom. The van der Waals surface area contributed by atoms with Crippen molar-refractivity contribution in [2.45, 2.75) is 58.0 Å². The standard InChI is InChI=1S/C25H24F4N4O3/c1-24(2,3)23-32-21(33-36-23)17(34)9-7-13-6-8-16(20(26)19(13)25(27,28)29)15-10-11-30-18(12-15)31-22(35)14-4-5-14/h6,8,10-12,14H,4-5,7,9H2,1-3H3,(H,30,31,35). The van der Waals surface area contributed by atoms with E-state index in [1.54, 1.807) is 0 Å². The highest BCUT2D eigenvalue weighted by atomic mass is 19.4. The van der Waals surface area contributed by atoms with E-state index in [-0.39, 0.29) is 58.9 Å². The number of alkyl halides is 3. The second kappa shape index (κ2) is 9.44. The van der Waals surface area contributed by atoms with Crippen molar-refractivity contribution in [2.24, 2.45) is 5.92 Å². The molecule has 0 radical (unpaired) electrons. The van der Waals surface area contributed by atoms with Gasteiger partial charge in [-0.05, 0) is 42.5 Å². The van der Waals surface area contributed by atoms with Crippen molar-refractivity contribution in [3.05, 3.63) is 59.1 Å². The maximum absolute atomic E-state index is 15.3. The molecule has 0 saturated heterocycles. The zero-order valence-corrected chi connectivity index (χ0v) is 19.9. The Morgan fingerprint density at radius 3 is 2.47 bits per heavy atom. The number of hydrogen-bond donors (Lipinski definition) is 1. The third-order valence-corrected chi connectivity index (χ3v) is 5.72. The molecule has 1 aliphatic rings. The molecule has 2 aromatic heterocycles. The van der Waals surface area contributed by atoms with Crippen molar-refractivity contribution in [3.63, 3.8) is 0 Å². The lowest BCUT2D eigenvalue weighted by Crippen LogP contribution is -2.15. The maximum atomic E-state index is 15.3. The fourth-order valence-electron chi connectivity index (χ4n) is 3.60. The van der Waals surface area contributed by atoms with Crippen molar-refractivity contribution in [3.8, 4) is 11.1 Å². The number of aryl methyl sites for hydroxylation is 1. The summed E-state index contributed by atoms with van der Waals surface area (Å²) in [5.41, 5.74) is -2.48. The average Bonchev–Trinajstić information content (AvgIpc) is 3.51. The molecule has 1 aliphatic carbocycles. The van der Waals surface area contributed by atoms with E-state index in [1.165, 1.54) is 24.4 Å². The SMILES string of the molecule is CC(C)(C)c1nc(C(=O)CCc2ccc(-c3ccnc(NC(=O)C4CC4)c3)c(F)c2C(F)(F)F)no1. The van der Waals surface area contributed by atoms with Crippen LogP contribution in [0.4, 0.5) is 23.4 Å². The number of Topliss-reactive ketones (excluding diaryl/α,β-unsaturated/α-hetero) is 1. The lowest BCUT2D eigenvalue weighted by Gasteiger charge is -2.16. The van der Waals surface area contributed by atoms with E-state index in [4.69, 9.17) is 4.52 Å². The predicted octanol–water partition coefficient (Wildman–Crippen LogP) is 5.75. The van der Waals surface area contributed by atoms with E-state index in [1.807, 2.05) is 20.8 Å². The predicted molar refractivity (Wildman–Crippen MR) is 122 cm³/mol. The molecule has 2 heterocycles. The number of benzene rings is 1. The average molecular weight is 504 g/mol. The normalized spacial score (nSPS) is 14.1. The highest BCUT2D eigenvalue weighted by molar-refractivity contribution is 5.94. The van der Waals surface area contributed by atoms with Crippen LogP contribution >= 0.6 is 0 Å². The maximum Gasteiger partial charge on any atom is 0.419 e. The number of aromatic nitrogens is 3. The van der Waals surface area contributed by atoms with E-state index in [0.29, 0.717) is 0 Å². The summed E-state index contributed by atoms with van der Waals surface area (Å²) in [5, 5.41) is 6.21. The van der Waals surface area contributed by atoms with Gasteiger partial charge in [0.05, 0.1) is 5.56 Å². The Morgan fingerprint density at radius 1 is 1.14 bits per heavy atom. The van der Waals surface area contributed by atoms with Gasteiger partial charge in [-0.2, -0.15) is 18.2 Å². The van der Waals surface area contributed by atoms with Gasteiger partial charge in [0.25, 0.3) is 0 Å². The summed E-state index contributed by atoms with van der Waals surface area (Å²) in [7, 11) is 0. The second-order valence-electron chi connectivity index (χ2n) is 9.75. The van der Waals surface area contributed by atoms with Crippen LogP contribution in [0.5, 0.6) is 0 Å². The summed E-state index contributed by atoms with van der Waals surface area (Å²) in [4.78, 5) is 32.5. The molecule has 3 aromatic rings. The molecular weight excluding hydrogens is 480 g/mol. The molecule has 7 nitrogen and oxygen atoms in total. The quantitative estimate of drug-likeness (QED) is 0.325. The number of hydrogen-bond acceptors (Lipinski definition) is 6. The Hall–Kier alpha value is -3.63. The lowest BCUT2D eigenvalue weighted by atomic mass is 9.95. The Bertz CT molecular complexity index is 1310. The zero-order chi connectivity index (χ0) is 26.3. The van der Waals surface area contributed by atoms with Gasteiger partial charge in [0.1, 0.15) is 11.6 Å². The van der Waals surface area contributed by atoms with Crippen LogP contribution in [-0.4, -0.2) is 26.8 Å². The number of amides is 1. The molecule has 190 valence electrons. The first-order chi connectivity index (χ1) is 16.8. The number of nitrogens with zero attached hydrogens (tertiary/aromatic N) is 3. The van der Waals surface area contributed by atoms with Gasteiger partial charge >= 0.3 is 6.18 Å². The van der Waals surface area contributed by atoms with Gasteiger partial charge in [-0.25, -0.2) is 9.37 Å². The molecule has 1 fully saturated rings. The van der Waals surface area contributed by atoms with Gasteiger partial charge in [0.2, 0.25) is 23.4 Å². The van der Waals surface area contributed by atoms with Crippen molar-refractivity contribution in [2.75, 3.05) is 5.32 Å². The van der Waals surface area contributed by atoms with Gasteiger partial charge in [0, 0.05) is 29.5 Å². The molecule has 4 rings (SSSR count). The van der Waals surface area contributed by atoms with E-state index in [9.17, 15) is 22.8 Å². The fourth-order valence-corrected chi connectivity index (χ4v) is 3.60. The topological polar surface area (TPSA) is 98.0 Å². The molecule has 0 atom stereocenters. The Labute approximate surface area is 204 Å². The molecule has 0 unspecified atom stereocenters. The van der Waals surface area contributed by atoms with E-state index >= 15 is 4.39 Å². The van der Waals surface area contributed by atoms with Gasteiger partial charge in [-0.15, -0.1) is 0 Å². The molecule has 0 spiro atoms. The molecule has 1 aromatic carbocycles. The summed E-state index contributed by atoms with van der Waals surface area (Å²) in [5.74, 6) is -2.29. The van der Waals surface area contributed by atoms with Crippen LogP contribution in [-0.2, 0) is 22.8 Å². The van der Waals surface area contributed by atoms with Crippen LogP contribution in [0.3, 0.4) is 0 Å². The smallest absolute Gasteiger partial charge is 0.338 e. The summed E-state index contributed by atoms with van der Waals surface area (Å²) in [6.45, 7) is 5.42. The summed E-state index contributed by atoms with van der Waals surface area (Å²) >= 11 is 0. The molecular formula is C25H24F4N4O3. The van der Waals surface area contributed by atoms with E-state index in [2.05, 4.69) is 20.4 Å². The highest BCUT2D eigenvalue weighted by Gasteiger charge is 2.38. The molecule has 0 aliphatic heterocycles. The van der Waals surface area contributed by atoms with Crippen molar-refractivity contribution < 1.29 is 31.7 Å². The Balaban J connectivity index is 1.58. The highest BCUT2D eigenvalue weighted by Crippen LogP contribution is 2.39. The largest absolute Gasteiger partial charge is 0.419 e. The number of ketones is 1. The van der Waals surface area contributed by atoms with Crippen LogP contribution in [0, 0.1) is 11.7 Å². The first-order valence-corrected chi connectivity index (χ1v) is 11.4. The van der Waals surface area contributed by atoms with Crippen LogP contribution in [0.15, 0.2) is 35.0 Å². The van der Waals surface area contributed by atoms with Gasteiger partial charge in [-0.3, -0.25) is 9.59 Å². The molecule has 1 saturated carbocycles. The Kier molecular flexibility index (Phi) is 6.68. The van der Waals surface area contributed by atoms with Crippen molar-refractivity contribution in [1.82, 2.24) is 15.1 Å². The number of anilines is 1. The molecule has 0 bridgehead atoms. The van der Waals surface area contributed by atoms with Crippen molar-refractivity contribution >= 4 is 17.5 Å². The van der Waals surface area contributed by atoms with E-state index < -0.39 is 28.8 Å². The summed E-state index contributed by atoms with van der Waals surface area (Å²) in [6, 6.07) is 5.05. The zero-order valence-electron chi connectivity index (χ0n) is 19.9. The monoisotopic (exact) mass is 504 g/mol. The minimum atomic E-state index is -5.00. The number of rotatable bonds is 7. The number of pyridine rings is 1. The first kappa shape index (κ1) is 25.5. The van der Waals surface area contributed by atoms with Crippen molar-refractivity contribution in [1.29, 1.82) is 0 Å². The van der Waals surface area contributed by atoms with Gasteiger partial charge in [0.15, 0.2) is 0 Å². The number of nitrogens with one attached hydrogen (secondary N) is 1. The summed E-state index contributed by atoms with van der Waals surface area (Å²) < 4.78 is 62.0. The molecule has 11 heteroatoms. The van der Waals surface area contributed by atoms with Gasteiger partial charge in [-0.1, -0.05) is 38.1 Å².